The maximum absolute atomic E-state index is 12.9. The number of nitrogen functional groups attached to an aromatic ring is 1. The van der Waals surface area contributed by atoms with Crippen LogP contribution in [-0.2, 0) is 14.4 Å². The highest BCUT2D eigenvalue weighted by Gasteiger charge is 2.32. The minimum absolute atomic E-state index is 0.0190. The van der Waals surface area contributed by atoms with Crippen LogP contribution in [0.25, 0.3) is 0 Å². The van der Waals surface area contributed by atoms with E-state index in [0.29, 0.717) is 29.8 Å². The Balaban J connectivity index is 1.65. The van der Waals surface area contributed by atoms with Crippen LogP contribution in [0.1, 0.15) is 42.9 Å². The molecule has 0 unspecified atom stereocenters. The van der Waals surface area contributed by atoms with E-state index < -0.39 is 17.9 Å². The normalized spacial score (nSPS) is 17.4. The monoisotopic (exact) mass is 412 g/mol. The minimum atomic E-state index is -1.05. The molecule has 1 aliphatic rings. The molecule has 2 aromatic rings. The number of carboxylic acid groups (broad SMARTS) is 1. The summed E-state index contributed by atoms with van der Waals surface area (Å²) in [4.78, 5) is 38.3. The van der Waals surface area contributed by atoms with Gasteiger partial charge < -0.3 is 25.5 Å². The average molecular weight is 412 g/mol. The fourth-order valence-corrected chi connectivity index (χ4v) is 3.59. The van der Waals surface area contributed by atoms with Gasteiger partial charge in [-0.15, -0.1) is 0 Å². The third kappa shape index (κ3) is 5.05. The number of carbonyl (C=O) groups excluding carboxylic acids is 2. The number of piperidine rings is 1. The van der Waals surface area contributed by atoms with Gasteiger partial charge in [0.05, 0.1) is 25.0 Å². The lowest BCUT2D eigenvalue weighted by atomic mass is 9.92. The summed E-state index contributed by atoms with van der Waals surface area (Å²) >= 11 is 0. The van der Waals surface area contributed by atoms with Crippen LogP contribution < -0.4 is 16.0 Å². The number of nitrogens with zero attached hydrogens (tertiary/aromatic N) is 1. The predicted molar refractivity (Wildman–Crippen MR) is 109 cm³/mol. The number of amidine groups is 1. The van der Waals surface area contributed by atoms with Gasteiger partial charge in [0, 0.05) is 35.7 Å². The van der Waals surface area contributed by atoms with Gasteiger partial charge in [0.25, 0.3) is 0 Å². The smallest absolute Gasteiger partial charge is 0.305 e. The standard InChI is InChI=1S/C21H24N4O5/c22-20(23)13-3-5-16(6-4-13)25-8-1-2-14(21(25)29)10-18(26)24-17(11-19(27)28)15-7-9-30-12-15/h3-7,9,12,14,17H,1-2,8,10-11H2,(H3,22,23)(H,24,26)(H,27,28)/t14-,17-/m0/s1. The number of nitrogens with one attached hydrogen (secondary N) is 2. The molecule has 2 atom stereocenters. The Labute approximate surface area is 173 Å². The van der Waals surface area contributed by atoms with Crippen LogP contribution in [0.5, 0.6) is 0 Å². The van der Waals surface area contributed by atoms with Gasteiger partial charge >= 0.3 is 5.97 Å². The number of rotatable bonds is 8. The van der Waals surface area contributed by atoms with Gasteiger partial charge in [-0.2, -0.15) is 0 Å². The van der Waals surface area contributed by atoms with Crippen LogP contribution in [0, 0.1) is 11.3 Å². The Bertz CT molecular complexity index is 923. The SMILES string of the molecule is N=C(N)c1ccc(N2CCC[C@@H](CC(=O)N[C@@H](CC(=O)O)c3ccoc3)C2=O)cc1. The summed E-state index contributed by atoms with van der Waals surface area (Å²) in [6.45, 7) is 0.549. The van der Waals surface area contributed by atoms with E-state index in [4.69, 9.17) is 20.7 Å². The second-order valence-electron chi connectivity index (χ2n) is 7.27. The number of carbonyl (C=O) groups is 3. The highest BCUT2D eigenvalue weighted by Crippen LogP contribution is 2.27. The second-order valence-corrected chi connectivity index (χ2v) is 7.27. The predicted octanol–water partition coefficient (Wildman–Crippen LogP) is 2.03. The van der Waals surface area contributed by atoms with E-state index in [0.717, 1.165) is 6.42 Å². The molecule has 0 saturated carbocycles. The van der Waals surface area contributed by atoms with Crippen LogP contribution in [0.3, 0.4) is 0 Å². The topological polar surface area (TPSA) is 150 Å². The molecular weight excluding hydrogens is 388 g/mol. The van der Waals surface area contributed by atoms with Crippen molar-refractivity contribution in [2.24, 2.45) is 11.7 Å². The zero-order valence-corrected chi connectivity index (χ0v) is 16.3. The summed E-state index contributed by atoms with van der Waals surface area (Å²) in [5, 5.41) is 19.3. The molecule has 0 bridgehead atoms. The number of nitrogens with two attached hydrogens (primary N) is 1. The number of amides is 2. The molecule has 0 aliphatic carbocycles. The van der Waals surface area contributed by atoms with E-state index in [-0.39, 0.29) is 30.5 Å². The van der Waals surface area contributed by atoms with E-state index in [1.54, 1.807) is 35.2 Å². The molecule has 2 amide bonds. The van der Waals surface area contributed by atoms with Crippen molar-refractivity contribution in [1.29, 1.82) is 5.41 Å². The van der Waals surface area contributed by atoms with Gasteiger partial charge in [-0.3, -0.25) is 19.8 Å². The molecule has 5 N–H and O–H groups in total. The molecule has 158 valence electrons. The van der Waals surface area contributed by atoms with Crippen molar-refractivity contribution < 1.29 is 23.9 Å². The summed E-state index contributed by atoms with van der Waals surface area (Å²) in [6.07, 6.45) is 3.84. The molecule has 2 heterocycles. The maximum atomic E-state index is 12.9. The van der Waals surface area contributed by atoms with E-state index in [9.17, 15) is 14.4 Å². The van der Waals surface area contributed by atoms with Crippen LogP contribution in [0.2, 0.25) is 0 Å². The molecule has 0 radical (unpaired) electrons. The Kier molecular flexibility index (Phi) is 6.51. The average Bonchev–Trinajstić information content (AvgIpc) is 3.24. The first kappa shape index (κ1) is 21.1. The van der Waals surface area contributed by atoms with Gasteiger partial charge in [-0.05, 0) is 43.2 Å². The van der Waals surface area contributed by atoms with Crippen LogP contribution in [0.4, 0.5) is 5.69 Å². The van der Waals surface area contributed by atoms with Crippen molar-refractivity contribution in [1.82, 2.24) is 5.32 Å². The largest absolute Gasteiger partial charge is 0.481 e. The number of benzene rings is 1. The van der Waals surface area contributed by atoms with E-state index in [1.807, 2.05) is 0 Å². The Morgan fingerprint density at radius 2 is 2.03 bits per heavy atom. The summed E-state index contributed by atoms with van der Waals surface area (Å²) in [5.74, 6) is -2.11. The van der Waals surface area contributed by atoms with Crippen LogP contribution >= 0.6 is 0 Å². The molecule has 1 aromatic heterocycles. The molecule has 1 aliphatic heterocycles. The van der Waals surface area contributed by atoms with Gasteiger partial charge in [0.1, 0.15) is 5.84 Å². The number of hydrogen-bond acceptors (Lipinski definition) is 5. The summed E-state index contributed by atoms with van der Waals surface area (Å²) in [6, 6.07) is 7.72. The second kappa shape index (κ2) is 9.25. The van der Waals surface area contributed by atoms with Crippen molar-refractivity contribution in [2.75, 3.05) is 11.4 Å². The summed E-state index contributed by atoms with van der Waals surface area (Å²) in [7, 11) is 0. The number of carboxylic acids is 1. The van der Waals surface area contributed by atoms with Gasteiger partial charge in [-0.25, -0.2) is 0 Å². The highest BCUT2D eigenvalue weighted by molar-refractivity contribution is 5.99. The fourth-order valence-electron chi connectivity index (χ4n) is 3.59. The molecule has 30 heavy (non-hydrogen) atoms. The highest BCUT2D eigenvalue weighted by atomic mass is 16.4. The molecule has 3 rings (SSSR count). The van der Waals surface area contributed by atoms with Crippen LogP contribution in [0.15, 0.2) is 47.3 Å². The van der Waals surface area contributed by atoms with Crippen molar-refractivity contribution in [3.8, 4) is 0 Å². The first-order chi connectivity index (χ1) is 14.3. The number of anilines is 1. The van der Waals surface area contributed by atoms with E-state index >= 15 is 0 Å². The number of aliphatic carboxylic acids is 1. The van der Waals surface area contributed by atoms with Crippen LogP contribution in [-0.4, -0.2) is 35.3 Å². The Morgan fingerprint density at radius 3 is 2.63 bits per heavy atom. The first-order valence-corrected chi connectivity index (χ1v) is 9.64. The lowest BCUT2D eigenvalue weighted by Crippen LogP contribution is -2.43. The Hall–Kier alpha value is -3.62. The molecule has 0 spiro atoms. The van der Waals surface area contributed by atoms with Gasteiger partial charge in [0.15, 0.2) is 0 Å². The third-order valence-corrected chi connectivity index (χ3v) is 5.13. The van der Waals surface area contributed by atoms with Gasteiger partial charge in [-0.1, -0.05) is 0 Å². The zero-order valence-electron chi connectivity index (χ0n) is 16.3. The zero-order chi connectivity index (χ0) is 21.7. The lowest BCUT2D eigenvalue weighted by molar-refractivity contribution is -0.138. The lowest BCUT2D eigenvalue weighted by Gasteiger charge is -2.32. The molecule has 1 aromatic carbocycles. The molecule has 9 nitrogen and oxygen atoms in total. The third-order valence-electron chi connectivity index (χ3n) is 5.13. The van der Waals surface area contributed by atoms with Crippen molar-refractivity contribution >= 4 is 29.3 Å². The molecular formula is C21H24N4O5. The number of hydrogen-bond donors (Lipinski definition) is 4. The first-order valence-electron chi connectivity index (χ1n) is 9.64. The van der Waals surface area contributed by atoms with Crippen molar-refractivity contribution in [3.63, 3.8) is 0 Å². The summed E-state index contributed by atoms with van der Waals surface area (Å²) in [5.41, 5.74) is 7.29. The molecule has 1 fully saturated rings. The minimum Gasteiger partial charge on any atom is -0.481 e. The quantitative estimate of drug-likeness (QED) is 0.385. The Morgan fingerprint density at radius 1 is 1.30 bits per heavy atom. The molecule has 1 saturated heterocycles. The molecule has 9 heteroatoms. The van der Waals surface area contributed by atoms with Crippen molar-refractivity contribution in [3.05, 3.63) is 54.0 Å². The number of furan rings is 1. The van der Waals surface area contributed by atoms with E-state index in [1.165, 1.54) is 12.5 Å². The fraction of sp³-hybridized carbons (Fsp3) is 0.333. The maximum Gasteiger partial charge on any atom is 0.305 e. The van der Waals surface area contributed by atoms with Crippen molar-refractivity contribution in [2.45, 2.75) is 31.7 Å². The van der Waals surface area contributed by atoms with Gasteiger partial charge in [0.2, 0.25) is 11.8 Å². The van der Waals surface area contributed by atoms with E-state index in [2.05, 4.69) is 5.32 Å². The summed E-state index contributed by atoms with van der Waals surface area (Å²) < 4.78 is 4.99.